The molecule has 0 bridgehead atoms. The number of aliphatic hydroxyl groups is 4. The first-order chi connectivity index (χ1) is 13.4. The highest BCUT2D eigenvalue weighted by Gasteiger charge is 2.46. The highest BCUT2D eigenvalue weighted by molar-refractivity contribution is 6.31. The summed E-state index contributed by atoms with van der Waals surface area (Å²) in [6.45, 7) is 2.11. The molecule has 0 saturated carbocycles. The lowest BCUT2D eigenvalue weighted by Gasteiger charge is -2.43. The van der Waals surface area contributed by atoms with Gasteiger partial charge in [-0.15, -0.1) is 0 Å². The van der Waals surface area contributed by atoms with E-state index in [-0.39, 0.29) is 5.92 Å². The van der Waals surface area contributed by atoms with E-state index in [0.717, 1.165) is 16.9 Å². The molecule has 2 aliphatic rings. The van der Waals surface area contributed by atoms with Gasteiger partial charge in [-0.2, -0.15) is 0 Å². The highest BCUT2D eigenvalue weighted by Crippen LogP contribution is 2.35. The van der Waals surface area contributed by atoms with Crippen molar-refractivity contribution in [2.45, 2.75) is 50.3 Å². The van der Waals surface area contributed by atoms with Crippen molar-refractivity contribution in [1.29, 1.82) is 0 Å². The van der Waals surface area contributed by atoms with E-state index in [0.29, 0.717) is 24.5 Å². The summed E-state index contributed by atoms with van der Waals surface area (Å²) in [5.41, 5.74) is 2.08. The van der Waals surface area contributed by atoms with Gasteiger partial charge in [0.2, 0.25) is 0 Å². The number of rotatable bonds is 6. The van der Waals surface area contributed by atoms with Crippen molar-refractivity contribution in [3.05, 3.63) is 52.6 Å². The van der Waals surface area contributed by atoms with Crippen molar-refractivity contribution in [1.82, 2.24) is 0 Å². The number of hydrogen-bond acceptors (Lipinski definition) is 6. The average Bonchev–Trinajstić information content (AvgIpc) is 2.70. The van der Waals surface area contributed by atoms with Gasteiger partial charge in [-0.3, -0.25) is 0 Å². The fourth-order valence-electron chi connectivity index (χ4n) is 3.76. The molecule has 0 spiro atoms. The van der Waals surface area contributed by atoms with Gasteiger partial charge in [0.1, 0.15) is 30.2 Å². The van der Waals surface area contributed by atoms with Gasteiger partial charge in [-0.25, -0.2) is 0 Å². The molecule has 6 atom stereocenters. The van der Waals surface area contributed by atoms with Gasteiger partial charge in [0, 0.05) is 11.0 Å². The molecule has 1 heterocycles. The second-order valence-corrected chi connectivity index (χ2v) is 7.63. The lowest BCUT2D eigenvalue weighted by atomic mass is 9.81. The topological polar surface area (TPSA) is 99.4 Å². The summed E-state index contributed by atoms with van der Waals surface area (Å²) in [4.78, 5) is 0. The second kappa shape index (κ2) is 9.39. The Morgan fingerprint density at radius 1 is 1.11 bits per heavy atom. The zero-order valence-corrected chi connectivity index (χ0v) is 16.5. The summed E-state index contributed by atoms with van der Waals surface area (Å²) in [7, 11) is 0. The Morgan fingerprint density at radius 3 is 2.46 bits per heavy atom. The third kappa shape index (κ3) is 4.59. The van der Waals surface area contributed by atoms with Crippen molar-refractivity contribution in [2.24, 2.45) is 5.92 Å². The van der Waals surface area contributed by atoms with Crippen LogP contribution in [0.4, 0.5) is 0 Å². The van der Waals surface area contributed by atoms with E-state index >= 15 is 0 Å². The molecule has 28 heavy (non-hydrogen) atoms. The van der Waals surface area contributed by atoms with Crippen LogP contribution in [0.2, 0.25) is 0 Å². The first-order valence-corrected chi connectivity index (χ1v) is 9.90. The third-order valence-electron chi connectivity index (χ3n) is 5.31. The monoisotopic (exact) mass is 410 g/mol. The van der Waals surface area contributed by atoms with Gasteiger partial charge in [-0.05, 0) is 49.1 Å². The normalized spacial score (nSPS) is 33.2. The molecule has 6 nitrogen and oxygen atoms in total. The van der Waals surface area contributed by atoms with Gasteiger partial charge in [0.15, 0.2) is 0 Å². The number of ether oxygens (including phenoxy) is 2. The number of hydrogen-bond donors (Lipinski definition) is 4. The van der Waals surface area contributed by atoms with Crippen molar-refractivity contribution < 1.29 is 29.9 Å². The molecule has 1 aromatic carbocycles. The molecular formula is C21H27ClO6. The molecule has 7 heteroatoms. The number of benzene rings is 1. The van der Waals surface area contributed by atoms with E-state index in [1.54, 1.807) is 6.08 Å². The van der Waals surface area contributed by atoms with Crippen molar-refractivity contribution in [2.75, 3.05) is 13.2 Å². The van der Waals surface area contributed by atoms with Crippen LogP contribution in [0.3, 0.4) is 0 Å². The van der Waals surface area contributed by atoms with E-state index in [2.05, 4.69) is 0 Å². The van der Waals surface area contributed by atoms with Gasteiger partial charge in [0.25, 0.3) is 0 Å². The first-order valence-electron chi connectivity index (χ1n) is 9.52. The van der Waals surface area contributed by atoms with E-state index in [1.807, 2.05) is 37.3 Å². The van der Waals surface area contributed by atoms with Crippen LogP contribution in [0.5, 0.6) is 5.75 Å². The van der Waals surface area contributed by atoms with Gasteiger partial charge < -0.3 is 29.9 Å². The first kappa shape index (κ1) is 21.3. The van der Waals surface area contributed by atoms with Crippen LogP contribution < -0.4 is 4.74 Å². The second-order valence-electron chi connectivity index (χ2n) is 7.23. The maximum atomic E-state index is 10.4. The molecule has 0 aromatic heterocycles. The van der Waals surface area contributed by atoms with Crippen molar-refractivity contribution in [3.63, 3.8) is 0 Å². The minimum absolute atomic E-state index is 0.230. The third-order valence-corrected chi connectivity index (χ3v) is 5.71. The highest BCUT2D eigenvalue weighted by atomic mass is 35.5. The van der Waals surface area contributed by atoms with Crippen molar-refractivity contribution in [3.8, 4) is 5.75 Å². The average molecular weight is 411 g/mol. The van der Waals surface area contributed by atoms with Crippen molar-refractivity contribution >= 4 is 11.6 Å². The molecular weight excluding hydrogens is 384 g/mol. The number of allylic oxidation sites excluding steroid dienone is 3. The summed E-state index contributed by atoms with van der Waals surface area (Å²) in [5, 5.41) is 40.5. The van der Waals surface area contributed by atoms with Crippen LogP contribution in [-0.2, 0) is 11.2 Å². The van der Waals surface area contributed by atoms with Crippen LogP contribution in [0.15, 0.2) is 47.0 Å². The van der Waals surface area contributed by atoms with Crippen LogP contribution in [0, 0.1) is 5.92 Å². The molecule has 0 amide bonds. The van der Waals surface area contributed by atoms with Crippen LogP contribution in [0.1, 0.15) is 18.9 Å². The molecule has 1 aliphatic carbocycles. The Hall–Kier alpha value is -1.41. The summed E-state index contributed by atoms with van der Waals surface area (Å²) in [6.07, 6.45) is -0.825. The van der Waals surface area contributed by atoms with Gasteiger partial charge >= 0.3 is 0 Å². The maximum Gasteiger partial charge on any atom is 0.119 e. The Labute approximate surface area is 169 Å². The molecule has 1 aromatic rings. The van der Waals surface area contributed by atoms with Crippen LogP contribution in [0.25, 0.3) is 0 Å². The van der Waals surface area contributed by atoms with Gasteiger partial charge in [0.05, 0.1) is 19.3 Å². The molecule has 154 valence electrons. The molecule has 3 rings (SSSR count). The molecule has 1 aliphatic heterocycles. The van der Waals surface area contributed by atoms with E-state index in [1.165, 1.54) is 0 Å². The lowest BCUT2D eigenvalue weighted by molar-refractivity contribution is -0.237. The zero-order valence-electron chi connectivity index (χ0n) is 15.7. The number of halogens is 1. The minimum Gasteiger partial charge on any atom is -0.494 e. The minimum atomic E-state index is -1.37. The quantitative estimate of drug-likeness (QED) is 0.567. The smallest absolute Gasteiger partial charge is 0.119 e. The van der Waals surface area contributed by atoms with E-state index in [4.69, 9.17) is 21.1 Å². The molecule has 1 fully saturated rings. The summed E-state index contributed by atoms with van der Waals surface area (Å²) < 4.78 is 11.2. The zero-order chi connectivity index (χ0) is 20.3. The number of aliphatic hydroxyl groups excluding tert-OH is 4. The lowest BCUT2D eigenvalue weighted by Crippen LogP contribution is -2.60. The summed E-state index contributed by atoms with van der Waals surface area (Å²) in [6, 6.07) is 7.81. The Bertz CT molecular complexity index is 714. The standard InChI is InChI=1S/C21H27ClO6/c1-2-27-15-6-3-12(4-7-15)9-14-10-13(5-8-16(14)22)21-20(26)19(25)18(24)17(11-23)28-21/h3-8,13,17-21,23-26H,2,9-11H2,1H3/t13?,17-,18-,19+,20-,21+/m1/s1. The summed E-state index contributed by atoms with van der Waals surface area (Å²) in [5.74, 6) is 0.584. The predicted molar refractivity (Wildman–Crippen MR) is 105 cm³/mol. The van der Waals surface area contributed by atoms with Gasteiger partial charge in [-0.1, -0.05) is 29.8 Å². The summed E-state index contributed by atoms with van der Waals surface area (Å²) >= 11 is 6.40. The maximum absolute atomic E-state index is 10.4. The van der Waals surface area contributed by atoms with E-state index < -0.39 is 37.1 Å². The van der Waals surface area contributed by atoms with Crippen LogP contribution in [-0.4, -0.2) is 64.2 Å². The Morgan fingerprint density at radius 2 is 1.82 bits per heavy atom. The Balaban J connectivity index is 1.71. The Kier molecular flexibility index (Phi) is 7.15. The molecule has 0 radical (unpaired) electrons. The fraction of sp³-hybridized carbons (Fsp3) is 0.524. The SMILES string of the molecule is CCOc1ccc(CC2=C(Cl)C=CC([C@@H]3O[C@H](CO)[C@@H](O)[C@H](O)[C@H]3O)C2)cc1. The molecule has 1 unspecified atom stereocenters. The largest absolute Gasteiger partial charge is 0.494 e. The molecule has 1 saturated heterocycles. The predicted octanol–water partition coefficient (Wildman–Crippen LogP) is 1.54. The van der Waals surface area contributed by atoms with E-state index in [9.17, 15) is 20.4 Å². The molecule has 4 N–H and O–H groups in total. The van der Waals surface area contributed by atoms with Crippen LogP contribution >= 0.6 is 11.6 Å². The fourth-order valence-corrected chi connectivity index (χ4v) is 3.98.